The van der Waals surface area contributed by atoms with Gasteiger partial charge in [-0.05, 0) is 50.6 Å². The average molecular weight is 419 g/mol. The van der Waals surface area contributed by atoms with E-state index in [1.54, 1.807) is 30.7 Å². The molecule has 158 valence electrons. The summed E-state index contributed by atoms with van der Waals surface area (Å²) < 4.78 is 16.2. The SMILES string of the molecule is Cc1nn([C@H](C)C(=O)NCc2cccc(F)c2)c(=O)c2nn(-c3ccccc3)c(C)c12. The Labute approximate surface area is 178 Å². The van der Waals surface area contributed by atoms with E-state index in [1.807, 2.05) is 37.3 Å². The second kappa shape index (κ2) is 8.14. The number of amides is 1. The zero-order chi connectivity index (χ0) is 22.1. The maximum atomic E-state index is 13.3. The van der Waals surface area contributed by atoms with E-state index in [4.69, 9.17) is 0 Å². The Morgan fingerprint density at radius 3 is 2.55 bits per heavy atom. The molecule has 7 nitrogen and oxygen atoms in total. The monoisotopic (exact) mass is 419 g/mol. The molecule has 0 saturated heterocycles. The van der Waals surface area contributed by atoms with Crippen LogP contribution in [0.25, 0.3) is 16.6 Å². The fourth-order valence-corrected chi connectivity index (χ4v) is 3.63. The summed E-state index contributed by atoms with van der Waals surface area (Å²) in [5.74, 6) is -0.764. The molecule has 31 heavy (non-hydrogen) atoms. The van der Waals surface area contributed by atoms with Crippen LogP contribution >= 0.6 is 0 Å². The van der Waals surface area contributed by atoms with Gasteiger partial charge in [0.15, 0.2) is 5.52 Å². The lowest BCUT2D eigenvalue weighted by Crippen LogP contribution is -2.37. The van der Waals surface area contributed by atoms with Crippen LogP contribution in [0, 0.1) is 19.7 Å². The predicted molar refractivity (Wildman–Crippen MR) is 116 cm³/mol. The minimum absolute atomic E-state index is 0.151. The van der Waals surface area contributed by atoms with Gasteiger partial charge in [-0.25, -0.2) is 13.8 Å². The Hall–Kier alpha value is -3.81. The molecule has 0 aliphatic rings. The second-order valence-electron chi connectivity index (χ2n) is 7.42. The smallest absolute Gasteiger partial charge is 0.295 e. The largest absolute Gasteiger partial charge is 0.350 e. The Morgan fingerprint density at radius 2 is 1.84 bits per heavy atom. The summed E-state index contributed by atoms with van der Waals surface area (Å²) in [4.78, 5) is 25.8. The van der Waals surface area contributed by atoms with Gasteiger partial charge in [0.05, 0.1) is 22.5 Å². The molecule has 2 heterocycles. The first-order valence-electron chi connectivity index (χ1n) is 9.93. The Balaban J connectivity index is 1.67. The van der Waals surface area contributed by atoms with Crippen molar-refractivity contribution in [2.45, 2.75) is 33.4 Å². The van der Waals surface area contributed by atoms with Gasteiger partial charge >= 0.3 is 0 Å². The van der Waals surface area contributed by atoms with Crippen LogP contribution in [0.1, 0.15) is 29.9 Å². The number of rotatable bonds is 5. The summed E-state index contributed by atoms with van der Waals surface area (Å²) in [6.07, 6.45) is 0. The molecule has 1 amide bonds. The second-order valence-corrected chi connectivity index (χ2v) is 7.42. The zero-order valence-electron chi connectivity index (χ0n) is 17.5. The van der Waals surface area contributed by atoms with Crippen molar-refractivity contribution in [1.82, 2.24) is 24.9 Å². The number of carbonyl (C=O) groups excluding carboxylic acids is 1. The first-order chi connectivity index (χ1) is 14.9. The van der Waals surface area contributed by atoms with Crippen molar-refractivity contribution >= 4 is 16.8 Å². The first-order valence-corrected chi connectivity index (χ1v) is 9.93. The summed E-state index contributed by atoms with van der Waals surface area (Å²) >= 11 is 0. The summed E-state index contributed by atoms with van der Waals surface area (Å²) in [6, 6.07) is 14.6. The van der Waals surface area contributed by atoms with Gasteiger partial charge in [-0.2, -0.15) is 10.2 Å². The molecule has 2 aromatic carbocycles. The number of para-hydroxylation sites is 1. The Kier molecular flexibility index (Phi) is 5.37. The maximum Gasteiger partial charge on any atom is 0.295 e. The van der Waals surface area contributed by atoms with E-state index < -0.39 is 17.5 Å². The highest BCUT2D eigenvalue weighted by molar-refractivity contribution is 5.84. The number of aromatic nitrogens is 4. The molecule has 0 bridgehead atoms. The molecule has 4 rings (SSSR count). The van der Waals surface area contributed by atoms with Gasteiger partial charge < -0.3 is 5.32 Å². The summed E-state index contributed by atoms with van der Waals surface area (Å²) in [7, 11) is 0. The molecule has 0 radical (unpaired) electrons. The molecule has 0 aliphatic carbocycles. The van der Waals surface area contributed by atoms with Crippen LogP contribution < -0.4 is 10.9 Å². The highest BCUT2D eigenvalue weighted by Gasteiger charge is 2.23. The molecule has 1 N–H and O–H groups in total. The molecule has 0 spiro atoms. The van der Waals surface area contributed by atoms with E-state index in [9.17, 15) is 14.0 Å². The van der Waals surface area contributed by atoms with Gasteiger partial charge in [-0.1, -0.05) is 30.3 Å². The van der Waals surface area contributed by atoms with Crippen LogP contribution in [0.15, 0.2) is 59.4 Å². The van der Waals surface area contributed by atoms with E-state index in [0.29, 0.717) is 16.6 Å². The predicted octanol–water partition coefficient (Wildman–Crippen LogP) is 3.22. The summed E-state index contributed by atoms with van der Waals surface area (Å²) in [5, 5.41) is 12.3. The molecular formula is C23H22FN5O2. The fraction of sp³-hybridized carbons (Fsp3) is 0.217. The molecule has 4 aromatic rings. The maximum absolute atomic E-state index is 13.3. The van der Waals surface area contributed by atoms with Crippen LogP contribution in [0.2, 0.25) is 0 Å². The highest BCUT2D eigenvalue weighted by atomic mass is 19.1. The highest BCUT2D eigenvalue weighted by Crippen LogP contribution is 2.21. The van der Waals surface area contributed by atoms with Gasteiger partial charge in [0, 0.05) is 6.54 Å². The summed E-state index contributed by atoms with van der Waals surface area (Å²) in [6.45, 7) is 5.43. The Morgan fingerprint density at radius 1 is 1.10 bits per heavy atom. The molecule has 0 fully saturated rings. The van der Waals surface area contributed by atoms with Gasteiger partial charge in [0.2, 0.25) is 5.91 Å². The number of hydrogen-bond acceptors (Lipinski definition) is 4. The number of nitrogens with one attached hydrogen (secondary N) is 1. The quantitative estimate of drug-likeness (QED) is 0.539. The third kappa shape index (κ3) is 3.84. The van der Waals surface area contributed by atoms with E-state index in [2.05, 4.69) is 15.5 Å². The third-order valence-corrected chi connectivity index (χ3v) is 5.25. The lowest BCUT2D eigenvalue weighted by Gasteiger charge is -2.15. The molecular weight excluding hydrogens is 397 g/mol. The van der Waals surface area contributed by atoms with Gasteiger partial charge in [0.25, 0.3) is 5.56 Å². The normalized spacial score (nSPS) is 12.1. The lowest BCUT2D eigenvalue weighted by atomic mass is 10.2. The number of hydrogen-bond donors (Lipinski definition) is 1. The summed E-state index contributed by atoms with van der Waals surface area (Å²) in [5.41, 5.74) is 2.70. The standard InChI is InChI=1S/C23H22FN5O2/c1-14-20-15(2)28(19-10-5-4-6-11-19)27-21(20)23(31)29(26-14)16(3)22(30)25-13-17-8-7-9-18(24)12-17/h4-12,16H,13H2,1-3H3,(H,25,30)/t16-/m1/s1. The van der Waals surface area contributed by atoms with Crippen LogP contribution in [-0.4, -0.2) is 25.5 Å². The Bertz CT molecular complexity index is 1330. The topological polar surface area (TPSA) is 81.8 Å². The van der Waals surface area contributed by atoms with Crippen molar-refractivity contribution in [3.63, 3.8) is 0 Å². The van der Waals surface area contributed by atoms with Crippen molar-refractivity contribution in [3.8, 4) is 5.69 Å². The van der Waals surface area contributed by atoms with Crippen LogP contribution in [0.5, 0.6) is 0 Å². The zero-order valence-corrected chi connectivity index (χ0v) is 17.5. The fourth-order valence-electron chi connectivity index (χ4n) is 3.63. The van der Waals surface area contributed by atoms with E-state index in [0.717, 1.165) is 16.1 Å². The van der Waals surface area contributed by atoms with Gasteiger partial charge in [-0.3, -0.25) is 9.59 Å². The molecule has 8 heteroatoms. The van der Waals surface area contributed by atoms with E-state index >= 15 is 0 Å². The number of halogens is 1. The van der Waals surface area contributed by atoms with E-state index in [1.165, 1.54) is 12.1 Å². The van der Waals surface area contributed by atoms with Gasteiger partial charge in [-0.15, -0.1) is 0 Å². The molecule has 2 aromatic heterocycles. The van der Waals surface area contributed by atoms with Crippen molar-refractivity contribution in [2.24, 2.45) is 0 Å². The van der Waals surface area contributed by atoms with Crippen LogP contribution in [0.4, 0.5) is 4.39 Å². The molecule has 0 unspecified atom stereocenters. The number of fused-ring (bicyclic) bond motifs is 1. The molecule has 1 atom stereocenters. The molecule has 0 saturated carbocycles. The average Bonchev–Trinajstić information content (AvgIpc) is 3.13. The third-order valence-electron chi connectivity index (χ3n) is 5.25. The number of nitrogens with zero attached hydrogens (tertiary/aromatic N) is 4. The van der Waals surface area contributed by atoms with Crippen LogP contribution in [-0.2, 0) is 11.3 Å². The number of benzene rings is 2. The van der Waals surface area contributed by atoms with Crippen molar-refractivity contribution in [1.29, 1.82) is 0 Å². The molecule has 0 aliphatic heterocycles. The van der Waals surface area contributed by atoms with E-state index in [-0.39, 0.29) is 17.9 Å². The van der Waals surface area contributed by atoms with Crippen molar-refractivity contribution in [2.75, 3.05) is 0 Å². The first kappa shape index (κ1) is 20.5. The van der Waals surface area contributed by atoms with Crippen molar-refractivity contribution < 1.29 is 9.18 Å². The minimum Gasteiger partial charge on any atom is -0.350 e. The van der Waals surface area contributed by atoms with Crippen LogP contribution in [0.3, 0.4) is 0 Å². The lowest BCUT2D eigenvalue weighted by molar-refractivity contribution is -0.124. The minimum atomic E-state index is -0.855. The van der Waals surface area contributed by atoms with Crippen molar-refractivity contribution in [3.05, 3.63) is 87.7 Å². The number of carbonyl (C=O) groups is 1. The number of aryl methyl sites for hydroxylation is 2. The van der Waals surface area contributed by atoms with Gasteiger partial charge in [0.1, 0.15) is 11.9 Å².